The van der Waals surface area contributed by atoms with Gasteiger partial charge in [-0.2, -0.15) is 5.10 Å². The molecule has 80 valence electrons. The van der Waals surface area contributed by atoms with Gasteiger partial charge in [0.05, 0.1) is 5.75 Å². The third kappa shape index (κ3) is 2.99. The first-order valence-corrected chi connectivity index (χ1v) is 6.22. The fourth-order valence-corrected chi connectivity index (χ4v) is 1.70. The molecule has 0 aliphatic heterocycles. The van der Waals surface area contributed by atoms with E-state index < -0.39 is 9.84 Å². The van der Waals surface area contributed by atoms with Crippen LogP contribution in [0.1, 0.15) is 6.42 Å². The Morgan fingerprint density at radius 1 is 1.50 bits per heavy atom. The van der Waals surface area contributed by atoms with Gasteiger partial charge in [-0.3, -0.25) is 4.57 Å². The molecule has 0 aromatic carbocycles. The van der Waals surface area contributed by atoms with Gasteiger partial charge in [0.15, 0.2) is 0 Å². The monoisotopic (exact) mass is 219 g/mol. The lowest BCUT2D eigenvalue weighted by molar-refractivity contribution is 0.561. The third-order valence-electron chi connectivity index (χ3n) is 1.77. The molecule has 0 N–H and O–H groups in total. The molecule has 0 amide bonds. The van der Waals surface area contributed by atoms with Crippen LogP contribution in [0.25, 0.3) is 0 Å². The highest BCUT2D eigenvalue weighted by Gasteiger charge is 2.04. The summed E-state index contributed by atoms with van der Waals surface area (Å²) in [4.78, 5) is 11.2. The normalized spacial score (nSPS) is 11.9. The van der Waals surface area contributed by atoms with Crippen molar-refractivity contribution in [1.29, 1.82) is 0 Å². The Hall–Kier alpha value is -1.11. The molecule has 14 heavy (non-hydrogen) atoms. The second-order valence-corrected chi connectivity index (χ2v) is 5.49. The molecule has 0 aliphatic carbocycles. The lowest BCUT2D eigenvalue weighted by Crippen LogP contribution is -2.23. The minimum atomic E-state index is -2.95. The summed E-state index contributed by atoms with van der Waals surface area (Å²) in [6.07, 6.45) is 2.99. The van der Waals surface area contributed by atoms with Gasteiger partial charge in [-0.1, -0.05) is 0 Å². The van der Waals surface area contributed by atoms with Gasteiger partial charge in [0.2, 0.25) is 0 Å². The minimum absolute atomic E-state index is 0.0794. The summed E-state index contributed by atoms with van der Waals surface area (Å²) in [5.41, 5.74) is -0.224. The number of rotatable bonds is 4. The van der Waals surface area contributed by atoms with E-state index in [4.69, 9.17) is 0 Å². The summed E-state index contributed by atoms with van der Waals surface area (Å²) >= 11 is 0. The van der Waals surface area contributed by atoms with Crippen LogP contribution < -0.4 is 5.69 Å². The van der Waals surface area contributed by atoms with Gasteiger partial charge in [0.25, 0.3) is 0 Å². The molecule has 1 aromatic rings. The van der Waals surface area contributed by atoms with Crippen molar-refractivity contribution in [3.8, 4) is 0 Å². The minimum Gasteiger partial charge on any atom is -0.285 e. The largest absolute Gasteiger partial charge is 0.345 e. The first-order chi connectivity index (χ1) is 6.40. The average Bonchev–Trinajstić information content (AvgIpc) is 2.33. The van der Waals surface area contributed by atoms with Crippen LogP contribution in [-0.4, -0.2) is 34.8 Å². The number of hydrogen-bond acceptors (Lipinski definition) is 4. The standard InChI is InChI=1S/C7H13N3O3S/c1-9-6-8-10(7(9)11)4-3-5-14(2,12)13/h6H,3-5H2,1-2H3. The molecular weight excluding hydrogens is 206 g/mol. The van der Waals surface area contributed by atoms with Crippen LogP contribution in [0.3, 0.4) is 0 Å². The summed E-state index contributed by atoms with van der Waals surface area (Å²) in [6, 6.07) is 0. The van der Waals surface area contributed by atoms with Crippen molar-refractivity contribution in [3.63, 3.8) is 0 Å². The molecule has 1 heterocycles. The number of aryl methyl sites for hydroxylation is 2. The van der Waals surface area contributed by atoms with E-state index in [1.54, 1.807) is 7.05 Å². The van der Waals surface area contributed by atoms with Crippen LogP contribution in [0.4, 0.5) is 0 Å². The highest BCUT2D eigenvalue weighted by Crippen LogP contribution is 1.90. The zero-order valence-electron chi connectivity index (χ0n) is 8.17. The van der Waals surface area contributed by atoms with Crippen LogP contribution in [0.2, 0.25) is 0 Å². The Morgan fingerprint density at radius 3 is 2.57 bits per heavy atom. The lowest BCUT2D eigenvalue weighted by atomic mass is 10.5. The first-order valence-electron chi connectivity index (χ1n) is 4.16. The molecule has 7 heteroatoms. The predicted octanol–water partition coefficient (Wildman–Crippen LogP) is -0.983. The molecule has 1 rings (SSSR count). The summed E-state index contributed by atoms with van der Waals surface area (Å²) in [6.45, 7) is 0.340. The van der Waals surface area contributed by atoms with Crippen molar-refractivity contribution >= 4 is 9.84 Å². The van der Waals surface area contributed by atoms with Crippen molar-refractivity contribution < 1.29 is 8.42 Å². The highest BCUT2D eigenvalue weighted by molar-refractivity contribution is 7.90. The second kappa shape index (κ2) is 3.95. The van der Waals surface area contributed by atoms with E-state index in [0.29, 0.717) is 13.0 Å². The molecule has 0 bridgehead atoms. The fourth-order valence-electron chi connectivity index (χ4n) is 1.05. The molecule has 0 atom stereocenters. The third-order valence-corrected chi connectivity index (χ3v) is 2.80. The van der Waals surface area contributed by atoms with E-state index in [9.17, 15) is 13.2 Å². The summed E-state index contributed by atoms with van der Waals surface area (Å²) in [5.74, 6) is 0.0794. The fraction of sp³-hybridized carbons (Fsp3) is 0.714. The lowest BCUT2D eigenvalue weighted by Gasteiger charge is -1.98. The number of nitrogens with zero attached hydrogens (tertiary/aromatic N) is 3. The molecule has 0 unspecified atom stereocenters. The van der Waals surface area contributed by atoms with E-state index in [1.165, 1.54) is 21.8 Å². The van der Waals surface area contributed by atoms with Crippen LogP contribution in [-0.2, 0) is 23.4 Å². The Bertz CT molecular complexity index is 457. The van der Waals surface area contributed by atoms with Gasteiger partial charge in [-0.15, -0.1) is 0 Å². The van der Waals surface area contributed by atoms with E-state index in [0.717, 1.165) is 0 Å². The van der Waals surface area contributed by atoms with E-state index >= 15 is 0 Å². The molecule has 0 radical (unpaired) electrons. The molecule has 6 nitrogen and oxygen atoms in total. The number of hydrogen-bond donors (Lipinski definition) is 0. The first kappa shape index (κ1) is 11.0. The molecule has 0 saturated heterocycles. The summed E-state index contributed by atoms with van der Waals surface area (Å²) in [5, 5.41) is 3.81. The second-order valence-electron chi connectivity index (χ2n) is 3.23. The predicted molar refractivity (Wildman–Crippen MR) is 51.8 cm³/mol. The van der Waals surface area contributed by atoms with Crippen LogP contribution >= 0.6 is 0 Å². The van der Waals surface area contributed by atoms with Crippen molar-refractivity contribution in [3.05, 3.63) is 16.8 Å². The molecule has 0 aliphatic rings. The maximum atomic E-state index is 11.2. The number of aromatic nitrogens is 3. The van der Waals surface area contributed by atoms with Gasteiger partial charge >= 0.3 is 5.69 Å². The van der Waals surface area contributed by atoms with Gasteiger partial charge in [-0.25, -0.2) is 17.9 Å². The summed E-state index contributed by atoms with van der Waals surface area (Å²) in [7, 11) is -1.35. The zero-order valence-corrected chi connectivity index (χ0v) is 8.99. The Kier molecular flexibility index (Phi) is 3.10. The molecule has 0 saturated carbocycles. The Labute approximate surface area is 82.1 Å². The highest BCUT2D eigenvalue weighted by atomic mass is 32.2. The van der Waals surface area contributed by atoms with Crippen molar-refractivity contribution in [1.82, 2.24) is 14.3 Å². The zero-order chi connectivity index (χ0) is 10.8. The summed E-state index contributed by atoms with van der Waals surface area (Å²) < 4.78 is 24.2. The maximum absolute atomic E-state index is 11.2. The average molecular weight is 219 g/mol. The SMILES string of the molecule is Cn1cnn(CCCS(C)(=O)=O)c1=O. The van der Waals surface area contributed by atoms with Crippen molar-refractivity contribution in [2.45, 2.75) is 13.0 Å². The Balaban J connectivity index is 2.55. The van der Waals surface area contributed by atoms with Crippen molar-refractivity contribution in [2.75, 3.05) is 12.0 Å². The smallest absolute Gasteiger partial charge is 0.285 e. The molecule has 0 spiro atoms. The van der Waals surface area contributed by atoms with Crippen LogP contribution in [0.5, 0.6) is 0 Å². The van der Waals surface area contributed by atoms with Gasteiger partial charge in [0, 0.05) is 19.8 Å². The Morgan fingerprint density at radius 2 is 2.14 bits per heavy atom. The van der Waals surface area contributed by atoms with Crippen LogP contribution in [0.15, 0.2) is 11.1 Å². The topological polar surface area (TPSA) is 74.0 Å². The molecule has 0 fully saturated rings. The van der Waals surface area contributed by atoms with E-state index in [-0.39, 0.29) is 11.4 Å². The molecule has 1 aromatic heterocycles. The quantitative estimate of drug-likeness (QED) is 0.652. The number of sulfone groups is 1. The maximum Gasteiger partial charge on any atom is 0.345 e. The van der Waals surface area contributed by atoms with Crippen LogP contribution in [0, 0.1) is 0 Å². The molecular formula is C7H13N3O3S. The van der Waals surface area contributed by atoms with E-state index in [1.807, 2.05) is 0 Å². The van der Waals surface area contributed by atoms with Gasteiger partial charge < -0.3 is 0 Å². The van der Waals surface area contributed by atoms with Gasteiger partial charge in [0.1, 0.15) is 16.2 Å². The van der Waals surface area contributed by atoms with E-state index in [2.05, 4.69) is 5.10 Å². The van der Waals surface area contributed by atoms with Crippen molar-refractivity contribution in [2.24, 2.45) is 7.05 Å². The van der Waals surface area contributed by atoms with Gasteiger partial charge in [-0.05, 0) is 6.42 Å².